The van der Waals surface area contributed by atoms with Gasteiger partial charge in [-0.3, -0.25) is 4.79 Å². The number of amides is 1. The fourth-order valence-corrected chi connectivity index (χ4v) is 6.07. The molecule has 36 heavy (non-hydrogen) atoms. The van der Waals surface area contributed by atoms with Crippen molar-refractivity contribution >= 4 is 91.1 Å². The summed E-state index contributed by atoms with van der Waals surface area (Å²) in [5.41, 5.74) is 6.59. The number of hydrogen-bond acceptors (Lipinski definition) is 6. The Morgan fingerprint density at radius 1 is 1.11 bits per heavy atom. The van der Waals surface area contributed by atoms with E-state index in [4.69, 9.17) is 16.3 Å². The lowest BCUT2D eigenvalue weighted by Crippen LogP contribution is -2.17. The maximum absolute atomic E-state index is 12.5. The average Bonchev–Trinajstić information content (AvgIpc) is 3.33. The van der Waals surface area contributed by atoms with Crippen LogP contribution in [0.2, 0.25) is 5.02 Å². The Bertz CT molecular complexity index is 1380. The van der Waals surface area contributed by atoms with E-state index < -0.39 is 0 Å². The Balaban J connectivity index is 1.36. The Morgan fingerprint density at radius 2 is 1.81 bits per heavy atom. The lowest BCUT2D eigenvalue weighted by molar-refractivity contribution is 0.0955. The Kier molecular flexibility index (Phi) is 9.35. The quantitative estimate of drug-likeness (QED) is 0.0798. The van der Waals surface area contributed by atoms with E-state index in [-0.39, 0.29) is 5.91 Å². The number of aromatic nitrogens is 1. The maximum Gasteiger partial charge on any atom is 0.271 e. The molecule has 0 radical (unpaired) electrons. The summed E-state index contributed by atoms with van der Waals surface area (Å²) in [4.78, 5) is 17.2. The standard InChI is InChI=1S/C26H19ClI2N4O2S/c1-2-11-35-24-21(28)12-16(13-22(24)29)14-30-33-25(34)18-5-3-17(4-6-18)23-15-36-26(32-23)31-20-9-7-19(27)8-10-20/h2-10,12-15H,1,11H2,(H,31,32)(H,33,34)/b30-14-. The minimum atomic E-state index is -0.295. The molecule has 1 aromatic heterocycles. The van der Waals surface area contributed by atoms with Crippen LogP contribution in [0, 0.1) is 7.14 Å². The summed E-state index contributed by atoms with van der Waals surface area (Å²) in [6.07, 6.45) is 3.32. The second-order valence-corrected chi connectivity index (χ2v) is 11.0. The summed E-state index contributed by atoms with van der Waals surface area (Å²) in [5, 5.41) is 10.8. The summed E-state index contributed by atoms with van der Waals surface area (Å²) in [6, 6.07) is 18.6. The van der Waals surface area contributed by atoms with Crippen LogP contribution in [-0.4, -0.2) is 23.7 Å². The van der Waals surface area contributed by atoms with Crippen LogP contribution in [0.25, 0.3) is 11.3 Å². The number of thiazole rings is 1. The number of ether oxygens (including phenoxy) is 1. The first-order chi connectivity index (χ1) is 17.4. The molecule has 0 aliphatic rings. The Labute approximate surface area is 245 Å². The first-order valence-corrected chi connectivity index (χ1v) is 14.0. The molecule has 0 aliphatic carbocycles. The zero-order chi connectivity index (χ0) is 25.5. The van der Waals surface area contributed by atoms with Crippen LogP contribution in [0.4, 0.5) is 10.8 Å². The summed E-state index contributed by atoms with van der Waals surface area (Å²) in [5.74, 6) is 0.516. The third kappa shape index (κ3) is 7.05. The van der Waals surface area contributed by atoms with E-state index in [1.54, 1.807) is 24.4 Å². The van der Waals surface area contributed by atoms with Crippen molar-refractivity contribution in [1.29, 1.82) is 0 Å². The van der Waals surface area contributed by atoms with Gasteiger partial charge in [-0.2, -0.15) is 5.10 Å². The van der Waals surface area contributed by atoms with Crippen molar-refractivity contribution in [2.45, 2.75) is 0 Å². The molecule has 0 atom stereocenters. The molecule has 0 saturated heterocycles. The number of rotatable bonds is 9. The molecular weight excluding hydrogens is 722 g/mol. The van der Waals surface area contributed by atoms with Crippen LogP contribution >= 0.6 is 68.1 Å². The number of carbonyl (C=O) groups excluding carboxylic acids is 1. The van der Waals surface area contributed by atoms with Crippen LogP contribution in [0.1, 0.15) is 15.9 Å². The van der Waals surface area contributed by atoms with Gasteiger partial charge in [0.25, 0.3) is 5.91 Å². The van der Waals surface area contributed by atoms with Crippen molar-refractivity contribution in [3.63, 3.8) is 0 Å². The molecule has 1 heterocycles. The smallest absolute Gasteiger partial charge is 0.271 e. The van der Waals surface area contributed by atoms with Crippen LogP contribution in [0.3, 0.4) is 0 Å². The lowest BCUT2D eigenvalue weighted by Gasteiger charge is -2.09. The molecule has 4 aromatic rings. The minimum absolute atomic E-state index is 0.295. The van der Waals surface area contributed by atoms with Gasteiger partial charge in [0.05, 0.1) is 19.0 Å². The molecule has 0 unspecified atom stereocenters. The van der Waals surface area contributed by atoms with Gasteiger partial charge in [0.2, 0.25) is 0 Å². The first kappa shape index (κ1) is 26.6. The summed E-state index contributed by atoms with van der Waals surface area (Å²) in [6.45, 7) is 4.11. The van der Waals surface area contributed by atoms with Gasteiger partial charge in [0, 0.05) is 27.2 Å². The Morgan fingerprint density at radius 3 is 2.47 bits per heavy atom. The normalized spacial score (nSPS) is 10.9. The molecule has 1 amide bonds. The number of carbonyl (C=O) groups is 1. The van der Waals surface area contributed by atoms with E-state index in [1.807, 2.05) is 53.9 Å². The molecular formula is C26H19ClI2N4O2S. The third-order valence-electron chi connectivity index (χ3n) is 4.79. The molecule has 0 spiro atoms. The lowest BCUT2D eigenvalue weighted by atomic mass is 10.1. The molecule has 182 valence electrons. The number of hydrazone groups is 1. The fraction of sp³-hybridized carbons (Fsp3) is 0.0385. The topological polar surface area (TPSA) is 75.6 Å². The molecule has 0 fully saturated rings. The van der Waals surface area contributed by atoms with Crippen molar-refractivity contribution in [3.05, 3.63) is 102 Å². The van der Waals surface area contributed by atoms with E-state index in [0.717, 1.165) is 40.5 Å². The molecule has 2 N–H and O–H groups in total. The van der Waals surface area contributed by atoms with Crippen molar-refractivity contribution in [2.75, 3.05) is 11.9 Å². The number of benzene rings is 3. The third-order valence-corrected chi connectivity index (χ3v) is 7.40. The van der Waals surface area contributed by atoms with E-state index in [9.17, 15) is 4.79 Å². The van der Waals surface area contributed by atoms with E-state index in [2.05, 4.69) is 72.6 Å². The molecule has 0 bridgehead atoms. The highest BCUT2D eigenvalue weighted by Gasteiger charge is 2.10. The fourth-order valence-electron chi connectivity index (χ4n) is 3.08. The van der Waals surface area contributed by atoms with Crippen molar-refractivity contribution in [2.24, 2.45) is 5.10 Å². The van der Waals surface area contributed by atoms with Gasteiger partial charge in [0.15, 0.2) is 5.13 Å². The number of nitrogens with one attached hydrogen (secondary N) is 2. The number of nitrogens with zero attached hydrogens (tertiary/aromatic N) is 2. The SMILES string of the molecule is C=CCOc1c(I)cc(/C=N\NC(=O)c2ccc(-c3csc(Nc4ccc(Cl)cc4)n3)cc2)cc1I. The largest absolute Gasteiger partial charge is 0.487 e. The summed E-state index contributed by atoms with van der Waals surface area (Å²) >= 11 is 11.9. The molecule has 6 nitrogen and oxygen atoms in total. The van der Waals surface area contributed by atoms with Gasteiger partial charge in [-0.1, -0.05) is 36.4 Å². The monoisotopic (exact) mass is 740 g/mol. The summed E-state index contributed by atoms with van der Waals surface area (Å²) < 4.78 is 7.60. The number of anilines is 2. The van der Waals surface area contributed by atoms with Crippen LogP contribution in [0.5, 0.6) is 5.75 Å². The van der Waals surface area contributed by atoms with Crippen molar-refractivity contribution < 1.29 is 9.53 Å². The van der Waals surface area contributed by atoms with Gasteiger partial charge >= 0.3 is 0 Å². The molecule has 3 aromatic carbocycles. The zero-order valence-electron chi connectivity index (χ0n) is 18.7. The second-order valence-electron chi connectivity index (χ2n) is 7.36. The predicted octanol–water partition coefficient (Wildman–Crippen LogP) is 7.75. The van der Waals surface area contributed by atoms with E-state index >= 15 is 0 Å². The van der Waals surface area contributed by atoms with Crippen molar-refractivity contribution in [3.8, 4) is 17.0 Å². The van der Waals surface area contributed by atoms with Gasteiger partial charge in [-0.25, -0.2) is 10.4 Å². The van der Waals surface area contributed by atoms with E-state index in [0.29, 0.717) is 17.2 Å². The van der Waals surface area contributed by atoms with Gasteiger partial charge in [-0.05, 0) is 99.3 Å². The average molecular weight is 741 g/mol. The highest BCUT2D eigenvalue weighted by molar-refractivity contribution is 14.1. The molecule has 4 rings (SSSR count). The van der Waals surface area contributed by atoms with Gasteiger partial charge in [0.1, 0.15) is 12.4 Å². The number of hydrogen-bond donors (Lipinski definition) is 2. The summed E-state index contributed by atoms with van der Waals surface area (Å²) in [7, 11) is 0. The first-order valence-electron chi connectivity index (χ1n) is 10.6. The highest BCUT2D eigenvalue weighted by Crippen LogP contribution is 2.29. The number of halogens is 3. The molecule has 0 aliphatic heterocycles. The Hall–Kier alpha value is -2.48. The van der Waals surface area contributed by atoms with Crippen LogP contribution in [0.15, 0.2) is 83.8 Å². The predicted molar refractivity (Wildman–Crippen MR) is 165 cm³/mol. The molecule has 10 heteroatoms. The maximum atomic E-state index is 12.5. The van der Waals surface area contributed by atoms with Gasteiger partial charge < -0.3 is 10.1 Å². The van der Waals surface area contributed by atoms with Crippen molar-refractivity contribution in [1.82, 2.24) is 10.4 Å². The highest BCUT2D eigenvalue weighted by atomic mass is 127. The minimum Gasteiger partial charge on any atom is -0.487 e. The zero-order valence-corrected chi connectivity index (χ0v) is 24.6. The van der Waals surface area contributed by atoms with Crippen LogP contribution in [-0.2, 0) is 0 Å². The molecule has 0 saturated carbocycles. The van der Waals surface area contributed by atoms with E-state index in [1.165, 1.54) is 11.3 Å². The van der Waals surface area contributed by atoms with Crippen LogP contribution < -0.4 is 15.5 Å². The van der Waals surface area contributed by atoms with Gasteiger partial charge in [-0.15, -0.1) is 11.3 Å². The second kappa shape index (κ2) is 12.7.